The molecule has 1 unspecified atom stereocenters. The normalized spacial score (nSPS) is 17.2. The number of hydrogen-bond acceptors (Lipinski definition) is 4. The van der Waals surface area contributed by atoms with Gasteiger partial charge in [0.1, 0.15) is 16.8 Å². The lowest BCUT2D eigenvalue weighted by Crippen LogP contribution is -2.11. The molecule has 0 spiro atoms. The van der Waals surface area contributed by atoms with Crippen molar-refractivity contribution in [2.75, 3.05) is 11.9 Å². The maximum absolute atomic E-state index is 9.14. The van der Waals surface area contributed by atoms with Gasteiger partial charge in [-0.05, 0) is 26.2 Å². The molecule has 0 saturated heterocycles. The summed E-state index contributed by atoms with van der Waals surface area (Å²) in [5.41, 5.74) is 0. The summed E-state index contributed by atoms with van der Waals surface area (Å²) >= 11 is 5.92. The molecule has 1 fully saturated rings. The van der Waals surface area contributed by atoms with Crippen LogP contribution in [0.2, 0.25) is 5.15 Å². The molecule has 0 bridgehead atoms. The molecule has 1 saturated carbocycles. The highest BCUT2D eigenvalue weighted by Crippen LogP contribution is 2.38. The van der Waals surface area contributed by atoms with Crippen molar-refractivity contribution in [2.45, 2.75) is 38.2 Å². The van der Waals surface area contributed by atoms with Crippen LogP contribution in [0.4, 0.5) is 5.82 Å². The maximum atomic E-state index is 9.14. The molecule has 16 heavy (non-hydrogen) atoms. The number of hydrogen-bond donors (Lipinski definition) is 2. The molecule has 1 atom stereocenters. The number of aliphatic hydroxyl groups excluding tert-OH is 1. The molecule has 0 aliphatic heterocycles. The van der Waals surface area contributed by atoms with Gasteiger partial charge < -0.3 is 10.4 Å². The fourth-order valence-electron chi connectivity index (χ4n) is 1.46. The van der Waals surface area contributed by atoms with Crippen LogP contribution in [-0.4, -0.2) is 27.7 Å². The van der Waals surface area contributed by atoms with Gasteiger partial charge in [0.25, 0.3) is 0 Å². The third-order valence-electron chi connectivity index (χ3n) is 2.52. The molecular formula is C11H16ClN3O. The van der Waals surface area contributed by atoms with Crippen molar-refractivity contribution in [3.05, 3.63) is 17.0 Å². The lowest BCUT2D eigenvalue weighted by Gasteiger charge is -2.08. The van der Waals surface area contributed by atoms with Gasteiger partial charge in [0, 0.05) is 18.5 Å². The van der Waals surface area contributed by atoms with E-state index in [1.807, 2.05) is 0 Å². The molecule has 88 valence electrons. The Balaban J connectivity index is 1.97. The number of nitrogens with one attached hydrogen (secondary N) is 1. The average Bonchev–Trinajstić information content (AvgIpc) is 2.99. The molecular weight excluding hydrogens is 226 g/mol. The standard InChI is InChI=1S/C11H16ClN3O/c1-7(16)4-5-13-10-6-9(12)14-11(15-10)8-2-3-8/h6-8,16H,2-5H2,1H3,(H,13,14,15). The van der Waals surface area contributed by atoms with Gasteiger partial charge in [0.15, 0.2) is 0 Å². The van der Waals surface area contributed by atoms with Crippen molar-refractivity contribution in [3.8, 4) is 0 Å². The molecule has 5 heteroatoms. The van der Waals surface area contributed by atoms with E-state index in [9.17, 15) is 0 Å². The van der Waals surface area contributed by atoms with Crippen molar-refractivity contribution in [2.24, 2.45) is 0 Å². The Morgan fingerprint density at radius 3 is 2.94 bits per heavy atom. The first-order valence-corrected chi connectivity index (χ1v) is 5.99. The average molecular weight is 242 g/mol. The first kappa shape index (κ1) is 11.6. The minimum atomic E-state index is -0.298. The molecule has 1 aliphatic carbocycles. The molecule has 1 heterocycles. The third kappa shape index (κ3) is 3.32. The lowest BCUT2D eigenvalue weighted by atomic mass is 10.3. The minimum Gasteiger partial charge on any atom is -0.393 e. The second kappa shape index (κ2) is 4.97. The van der Waals surface area contributed by atoms with Crippen LogP contribution in [0.1, 0.15) is 37.9 Å². The Labute approximate surface area is 100 Å². The number of rotatable bonds is 5. The van der Waals surface area contributed by atoms with Crippen LogP contribution in [0.25, 0.3) is 0 Å². The van der Waals surface area contributed by atoms with E-state index in [2.05, 4.69) is 15.3 Å². The minimum absolute atomic E-state index is 0.298. The summed E-state index contributed by atoms with van der Waals surface area (Å²) in [7, 11) is 0. The van der Waals surface area contributed by atoms with Gasteiger partial charge in [-0.1, -0.05) is 11.6 Å². The zero-order valence-corrected chi connectivity index (χ0v) is 10.0. The molecule has 1 aromatic rings. The van der Waals surface area contributed by atoms with Crippen LogP contribution in [0, 0.1) is 0 Å². The molecule has 1 aromatic heterocycles. The summed E-state index contributed by atoms with van der Waals surface area (Å²) in [6.07, 6.45) is 2.72. The molecule has 0 aromatic carbocycles. The smallest absolute Gasteiger partial charge is 0.135 e. The quantitative estimate of drug-likeness (QED) is 0.776. The Bertz CT molecular complexity index is 366. The van der Waals surface area contributed by atoms with Crippen molar-refractivity contribution >= 4 is 17.4 Å². The van der Waals surface area contributed by atoms with E-state index < -0.39 is 0 Å². The lowest BCUT2D eigenvalue weighted by molar-refractivity contribution is 0.188. The van der Waals surface area contributed by atoms with Gasteiger partial charge in [-0.3, -0.25) is 0 Å². The number of aromatic nitrogens is 2. The first-order chi connectivity index (χ1) is 7.65. The van der Waals surface area contributed by atoms with Gasteiger partial charge in [-0.2, -0.15) is 0 Å². The van der Waals surface area contributed by atoms with Crippen LogP contribution in [0.3, 0.4) is 0 Å². The topological polar surface area (TPSA) is 58.0 Å². The summed E-state index contributed by atoms with van der Waals surface area (Å²) in [6, 6.07) is 1.72. The van der Waals surface area contributed by atoms with Gasteiger partial charge in [-0.15, -0.1) is 0 Å². The first-order valence-electron chi connectivity index (χ1n) is 5.61. The highest BCUT2D eigenvalue weighted by Gasteiger charge is 2.27. The van der Waals surface area contributed by atoms with Gasteiger partial charge >= 0.3 is 0 Å². The third-order valence-corrected chi connectivity index (χ3v) is 2.72. The number of anilines is 1. The molecule has 1 aliphatic rings. The van der Waals surface area contributed by atoms with Crippen molar-refractivity contribution in [3.63, 3.8) is 0 Å². The SMILES string of the molecule is CC(O)CCNc1cc(Cl)nc(C2CC2)n1. The van der Waals surface area contributed by atoms with Crippen LogP contribution in [0.15, 0.2) is 6.07 Å². The van der Waals surface area contributed by atoms with Gasteiger partial charge in [0.05, 0.1) is 6.10 Å². The van der Waals surface area contributed by atoms with Crippen LogP contribution >= 0.6 is 11.6 Å². The summed E-state index contributed by atoms with van der Waals surface area (Å²) < 4.78 is 0. The van der Waals surface area contributed by atoms with E-state index in [0.29, 0.717) is 24.0 Å². The zero-order chi connectivity index (χ0) is 11.5. The van der Waals surface area contributed by atoms with Crippen molar-refractivity contribution in [1.82, 2.24) is 9.97 Å². The van der Waals surface area contributed by atoms with E-state index in [-0.39, 0.29) is 6.10 Å². The van der Waals surface area contributed by atoms with Crippen molar-refractivity contribution in [1.29, 1.82) is 0 Å². The summed E-state index contributed by atoms with van der Waals surface area (Å²) in [5, 5.41) is 12.8. The monoisotopic (exact) mass is 241 g/mol. The molecule has 4 nitrogen and oxygen atoms in total. The van der Waals surface area contributed by atoms with Crippen LogP contribution < -0.4 is 5.32 Å². The fraction of sp³-hybridized carbons (Fsp3) is 0.636. The highest BCUT2D eigenvalue weighted by molar-refractivity contribution is 6.29. The fourth-order valence-corrected chi connectivity index (χ4v) is 1.65. The summed E-state index contributed by atoms with van der Waals surface area (Å²) in [4.78, 5) is 8.61. The maximum Gasteiger partial charge on any atom is 0.135 e. The number of halogens is 1. The Morgan fingerprint density at radius 1 is 1.56 bits per heavy atom. The van der Waals surface area contributed by atoms with Gasteiger partial charge in [0.2, 0.25) is 0 Å². The zero-order valence-electron chi connectivity index (χ0n) is 9.28. The van der Waals surface area contributed by atoms with E-state index in [0.717, 1.165) is 24.5 Å². The molecule has 0 amide bonds. The predicted octanol–water partition coefficient (Wildman–Crippen LogP) is 2.19. The second-order valence-corrected chi connectivity index (χ2v) is 4.66. The number of nitrogens with zero attached hydrogens (tertiary/aromatic N) is 2. The Kier molecular flexibility index (Phi) is 3.61. The second-order valence-electron chi connectivity index (χ2n) is 4.27. The molecule has 0 radical (unpaired) electrons. The van der Waals surface area contributed by atoms with E-state index in [1.165, 1.54) is 0 Å². The summed E-state index contributed by atoms with van der Waals surface area (Å²) in [5.74, 6) is 2.09. The van der Waals surface area contributed by atoms with Gasteiger partial charge in [-0.25, -0.2) is 9.97 Å². The van der Waals surface area contributed by atoms with Crippen molar-refractivity contribution < 1.29 is 5.11 Å². The van der Waals surface area contributed by atoms with E-state index in [4.69, 9.17) is 16.7 Å². The van der Waals surface area contributed by atoms with E-state index >= 15 is 0 Å². The highest BCUT2D eigenvalue weighted by atomic mass is 35.5. The Morgan fingerprint density at radius 2 is 2.31 bits per heavy atom. The predicted molar refractivity (Wildman–Crippen MR) is 63.8 cm³/mol. The number of aliphatic hydroxyl groups is 1. The summed E-state index contributed by atoms with van der Waals surface area (Å²) in [6.45, 7) is 2.46. The molecule has 2 rings (SSSR count). The van der Waals surface area contributed by atoms with E-state index in [1.54, 1.807) is 13.0 Å². The van der Waals surface area contributed by atoms with Crippen LogP contribution in [-0.2, 0) is 0 Å². The molecule has 2 N–H and O–H groups in total. The largest absolute Gasteiger partial charge is 0.393 e. The Hall–Kier alpha value is -0.870. The van der Waals surface area contributed by atoms with Crippen LogP contribution in [0.5, 0.6) is 0 Å².